The van der Waals surface area contributed by atoms with Crippen LogP contribution in [0.15, 0.2) is 17.4 Å². The lowest BCUT2D eigenvalue weighted by molar-refractivity contribution is -0.121. The van der Waals surface area contributed by atoms with Crippen molar-refractivity contribution in [1.29, 1.82) is 0 Å². The molecule has 1 amide bonds. The van der Waals surface area contributed by atoms with Gasteiger partial charge in [0.05, 0.1) is 15.3 Å². The summed E-state index contributed by atoms with van der Waals surface area (Å²) in [4.78, 5) is 12.5. The molecule has 0 unspecified atom stereocenters. The van der Waals surface area contributed by atoms with Crippen LogP contribution in [0.2, 0.25) is 10.0 Å². The number of carbonyl (C=O) groups is 1. The van der Waals surface area contributed by atoms with E-state index in [1.54, 1.807) is 16.7 Å². The number of amides is 1. The minimum absolute atomic E-state index is 0.0387. The van der Waals surface area contributed by atoms with Gasteiger partial charge in [-0.2, -0.15) is 0 Å². The normalized spacial score (nSPS) is 17.6. The van der Waals surface area contributed by atoms with Crippen LogP contribution < -0.4 is 5.32 Å². The third-order valence-electron chi connectivity index (χ3n) is 4.25. The van der Waals surface area contributed by atoms with Gasteiger partial charge in [0.25, 0.3) is 0 Å². The van der Waals surface area contributed by atoms with Crippen LogP contribution in [0.25, 0.3) is 5.65 Å². The molecule has 2 aromatic rings. The molecule has 0 aromatic carbocycles. The predicted octanol–water partition coefficient (Wildman–Crippen LogP) is 4.36. The van der Waals surface area contributed by atoms with Crippen LogP contribution in [0.4, 0.5) is 0 Å². The smallest absolute Gasteiger partial charge is 0.233 e. The molecule has 1 saturated carbocycles. The van der Waals surface area contributed by atoms with Crippen molar-refractivity contribution in [2.24, 2.45) is 0 Å². The van der Waals surface area contributed by atoms with E-state index in [-0.39, 0.29) is 11.2 Å². The zero-order chi connectivity index (χ0) is 17.1. The van der Waals surface area contributed by atoms with Gasteiger partial charge in [-0.1, -0.05) is 60.6 Å². The molecule has 1 aliphatic carbocycles. The summed E-state index contributed by atoms with van der Waals surface area (Å²) < 4.78 is 1.73. The van der Waals surface area contributed by atoms with Crippen molar-refractivity contribution in [2.45, 2.75) is 61.9 Å². The first-order valence-corrected chi connectivity index (χ1v) is 9.85. The summed E-state index contributed by atoms with van der Waals surface area (Å²) in [6, 6.07) is 1.92. The Bertz CT molecular complexity index is 728. The molecule has 1 fully saturated rings. The SMILES string of the molecule is C[C@@H](Sc1nnc2c(Cl)cc(Cl)cn12)C(=O)NC1CCCCCC1. The van der Waals surface area contributed by atoms with Crippen molar-refractivity contribution in [3.05, 3.63) is 22.3 Å². The molecule has 3 rings (SSSR count). The van der Waals surface area contributed by atoms with E-state index in [4.69, 9.17) is 23.2 Å². The van der Waals surface area contributed by atoms with Crippen molar-refractivity contribution in [2.75, 3.05) is 0 Å². The standard InChI is InChI=1S/C16H20Cl2N4OS/c1-10(15(23)19-12-6-4-2-3-5-7-12)24-16-21-20-14-13(18)8-11(17)9-22(14)16/h8-10,12H,2-7H2,1H3,(H,19,23)/t10-/m1/s1. The largest absolute Gasteiger partial charge is 0.352 e. The van der Waals surface area contributed by atoms with Crippen molar-refractivity contribution in [3.8, 4) is 0 Å². The van der Waals surface area contributed by atoms with Gasteiger partial charge in [-0.3, -0.25) is 9.20 Å². The van der Waals surface area contributed by atoms with Gasteiger partial charge in [0.2, 0.25) is 5.91 Å². The second-order valence-corrected chi connectivity index (χ2v) is 8.29. The van der Waals surface area contributed by atoms with Crippen molar-refractivity contribution < 1.29 is 4.79 Å². The highest BCUT2D eigenvalue weighted by Gasteiger charge is 2.22. The van der Waals surface area contributed by atoms with Gasteiger partial charge in [-0.25, -0.2) is 0 Å². The lowest BCUT2D eigenvalue weighted by Gasteiger charge is -2.18. The van der Waals surface area contributed by atoms with Crippen LogP contribution in [0.3, 0.4) is 0 Å². The van der Waals surface area contributed by atoms with Gasteiger partial charge in [0, 0.05) is 12.2 Å². The van der Waals surface area contributed by atoms with E-state index in [0.717, 1.165) is 12.8 Å². The number of hydrogen-bond acceptors (Lipinski definition) is 4. The molecule has 0 radical (unpaired) electrons. The van der Waals surface area contributed by atoms with Crippen LogP contribution in [0, 0.1) is 0 Å². The molecule has 0 spiro atoms. The third-order valence-corrected chi connectivity index (χ3v) is 5.79. The first-order chi connectivity index (χ1) is 11.5. The van der Waals surface area contributed by atoms with E-state index in [1.807, 2.05) is 6.92 Å². The molecule has 2 aromatic heterocycles. The second-order valence-electron chi connectivity index (χ2n) is 6.14. The predicted molar refractivity (Wildman–Crippen MR) is 98.0 cm³/mol. The van der Waals surface area contributed by atoms with E-state index in [1.165, 1.54) is 37.4 Å². The number of carbonyl (C=O) groups excluding carboxylic acids is 1. The highest BCUT2D eigenvalue weighted by atomic mass is 35.5. The number of aromatic nitrogens is 3. The number of halogens is 2. The van der Waals surface area contributed by atoms with Gasteiger partial charge >= 0.3 is 0 Å². The van der Waals surface area contributed by atoms with Crippen molar-refractivity contribution in [1.82, 2.24) is 19.9 Å². The Balaban J connectivity index is 1.67. The molecule has 130 valence electrons. The maximum atomic E-state index is 12.5. The fourth-order valence-corrected chi connectivity index (χ4v) is 4.28. The van der Waals surface area contributed by atoms with E-state index in [9.17, 15) is 4.79 Å². The molecule has 1 aliphatic rings. The van der Waals surface area contributed by atoms with Crippen molar-refractivity contribution in [3.63, 3.8) is 0 Å². The first-order valence-electron chi connectivity index (χ1n) is 8.21. The van der Waals surface area contributed by atoms with Gasteiger partial charge < -0.3 is 5.32 Å². The molecule has 0 saturated heterocycles. The molecule has 1 N–H and O–H groups in total. The summed E-state index contributed by atoms with van der Waals surface area (Å²) in [7, 11) is 0. The maximum absolute atomic E-state index is 12.5. The molecule has 24 heavy (non-hydrogen) atoms. The Labute approximate surface area is 155 Å². The number of thioether (sulfide) groups is 1. The summed E-state index contributed by atoms with van der Waals surface area (Å²) >= 11 is 13.5. The number of nitrogens with zero attached hydrogens (tertiary/aromatic N) is 3. The number of hydrogen-bond donors (Lipinski definition) is 1. The molecule has 2 heterocycles. The molecular formula is C16H20Cl2N4OS. The van der Waals surface area contributed by atoms with Gasteiger partial charge in [-0.15, -0.1) is 10.2 Å². The van der Waals surface area contributed by atoms with E-state index >= 15 is 0 Å². The summed E-state index contributed by atoms with van der Waals surface area (Å²) in [5.74, 6) is 0.0387. The quantitative estimate of drug-likeness (QED) is 0.626. The van der Waals surface area contributed by atoms with Crippen LogP contribution in [0.5, 0.6) is 0 Å². The Morgan fingerprint density at radius 2 is 2.00 bits per heavy atom. The van der Waals surface area contributed by atoms with Gasteiger partial charge in [0.1, 0.15) is 0 Å². The average molecular weight is 387 g/mol. The monoisotopic (exact) mass is 386 g/mol. The van der Waals surface area contributed by atoms with Gasteiger partial charge in [-0.05, 0) is 25.8 Å². The van der Waals surface area contributed by atoms with E-state index < -0.39 is 0 Å². The topological polar surface area (TPSA) is 59.3 Å². The van der Waals surface area contributed by atoms with Crippen LogP contribution in [-0.4, -0.2) is 31.8 Å². The molecular weight excluding hydrogens is 367 g/mol. The molecule has 5 nitrogen and oxygen atoms in total. The van der Waals surface area contributed by atoms with Crippen molar-refractivity contribution >= 4 is 46.5 Å². The highest BCUT2D eigenvalue weighted by Crippen LogP contribution is 2.27. The van der Waals surface area contributed by atoms with Crippen LogP contribution in [0.1, 0.15) is 45.4 Å². The fourth-order valence-electron chi connectivity index (χ4n) is 2.94. The number of rotatable bonds is 4. The third kappa shape index (κ3) is 4.16. The zero-order valence-electron chi connectivity index (χ0n) is 13.5. The summed E-state index contributed by atoms with van der Waals surface area (Å²) in [5, 5.41) is 12.7. The second kappa shape index (κ2) is 7.93. The fraction of sp³-hybridized carbons (Fsp3) is 0.562. The number of nitrogens with one attached hydrogen (secondary N) is 1. The summed E-state index contributed by atoms with van der Waals surface area (Å²) in [6.07, 6.45) is 8.77. The minimum atomic E-state index is -0.265. The summed E-state index contributed by atoms with van der Waals surface area (Å²) in [6.45, 7) is 1.88. The van der Waals surface area contributed by atoms with Crippen LogP contribution >= 0.6 is 35.0 Å². The van der Waals surface area contributed by atoms with E-state index in [2.05, 4.69) is 15.5 Å². The number of fused-ring (bicyclic) bond motifs is 1. The lowest BCUT2D eigenvalue weighted by atomic mass is 10.1. The van der Waals surface area contributed by atoms with Crippen LogP contribution in [-0.2, 0) is 4.79 Å². The molecule has 0 aliphatic heterocycles. The summed E-state index contributed by atoms with van der Waals surface area (Å²) in [5.41, 5.74) is 0.542. The van der Waals surface area contributed by atoms with E-state index in [0.29, 0.717) is 26.9 Å². The number of pyridine rings is 1. The molecule has 0 bridgehead atoms. The Morgan fingerprint density at radius 1 is 1.29 bits per heavy atom. The Morgan fingerprint density at radius 3 is 2.71 bits per heavy atom. The average Bonchev–Trinajstić information content (AvgIpc) is 2.77. The lowest BCUT2D eigenvalue weighted by Crippen LogP contribution is -2.39. The first kappa shape index (κ1) is 17.8. The zero-order valence-corrected chi connectivity index (χ0v) is 15.8. The molecule has 1 atom stereocenters. The highest BCUT2D eigenvalue weighted by molar-refractivity contribution is 8.00. The maximum Gasteiger partial charge on any atom is 0.233 e. The Hall–Kier alpha value is -0.980. The molecule has 8 heteroatoms. The minimum Gasteiger partial charge on any atom is -0.352 e. The van der Waals surface area contributed by atoms with Gasteiger partial charge in [0.15, 0.2) is 10.8 Å². The Kier molecular flexibility index (Phi) is 5.89.